The first-order valence-electron chi connectivity index (χ1n) is 15.1. The Bertz CT molecular complexity index is 1970. The average Bonchev–Trinajstić information content (AvgIpc) is 3.78. The maximum Gasteiger partial charge on any atom is 0.264 e. The summed E-state index contributed by atoms with van der Waals surface area (Å²) >= 11 is 7.94. The molecule has 1 aliphatic carbocycles. The van der Waals surface area contributed by atoms with Crippen molar-refractivity contribution in [3.05, 3.63) is 123 Å². The van der Waals surface area contributed by atoms with Crippen LogP contribution in [-0.2, 0) is 24.2 Å². The van der Waals surface area contributed by atoms with Gasteiger partial charge in [-0.1, -0.05) is 72.3 Å². The van der Waals surface area contributed by atoms with Gasteiger partial charge in [0.2, 0.25) is 11.9 Å². The minimum Gasteiger partial charge on any atom is -0.273 e. The van der Waals surface area contributed by atoms with E-state index in [-0.39, 0.29) is 11.8 Å². The number of amides is 2. The van der Waals surface area contributed by atoms with Crippen LogP contribution in [-0.4, -0.2) is 37.5 Å². The van der Waals surface area contributed by atoms with Gasteiger partial charge in [-0.2, -0.15) is 5.10 Å². The van der Waals surface area contributed by atoms with Gasteiger partial charge < -0.3 is 0 Å². The van der Waals surface area contributed by atoms with E-state index in [4.69, 9.17) is 21.8 Å². The Morgan fingerprint density at radius 2 is 1.67 bits per heavy atom. The molecule has 1 atom stereocenters. The molecule has 0 fully saturated rings. The zero-order chi connectivity index (χ0) is 30.7. The lowest BCUT2D eigenvalue weighted by molar-refractivity contribution is -0.130. The van der Waals surface area contributed by atoms with Crippen LogP contribution in [0.4, 0.5) is 5.00 Å². The second-order valence-corrected chi connectivity index (χ2v) is 13.0. The van der Waals surface area contributed by atoms with Gasteiger partial charge >= 0.3 is 0 Å². The van der Waals surface area contributed by atoms with Crippen LogP contribution in [0.15, 0.2) is 96.2 Å². The minimum atomic E-state index is -0.661. The molecule has 10 heteroatoms. The monoisotopic (exact) mass is 632 g/mol. The number of guanidine groups is 1. The summed E-state index contributed by atoms with van der Waals surface area (Å²) in [6, 6.07) is 27.4. The summed E-state index contributed by atoms with van der Waals surface area (Å²) in [7, 11) is 0. The van der Waals surface area contributed by atoms with Crippen LogP contribution in [0.2, 0.25) is 5.02 Å². The number of thiophene rings is 1. The molecule has 5 aromatic rings. The van der Waals surface area contributed by atoms with E-state index >= 15 is 0 Å². The molecule has 0 saturated carbocycles. The van der Waals surface area contributed by atoms with Gasteiger partial charge in [-0.25, -0.2) is 9.69 Å². The van der Waals surface area contributed by atoms with Crippen molar-refractivity contribution < 1.29 is 9.59 Å². The highest BCUT2D eigenvalue weighted by molar-refractivity contribution is 7.17. The molecule has 0 saturated heterocycles. The summed E-state index contributed by atoms with van der Waals surface area (Å²) in [5.74, 6) is 0.154. The number of hydrogen-bond donors (Lipinski definition) is 0. The number of nitrogens with zero attached hydrogens (tertiary/aromatic N) is 6. The van der Waals surface area contributed by atoms with E-state index < -0.39 is 6.17 Å². The van der Waals surface area contributed by atoms with Crippen molar-refractivity contribution in [1.82, 2.24) is 19.7 Å². The van der Waals surface area contributed by atoms with Crippen LogP contribution in [0.3, 0.4) is 0 Å². The van der Waals surface area contributed by atoms with Crippen LogP contribution < -0.4 is 4.90 Å². The summed E-state index contributed by atoms with van der Waals surface area (Å²) in [5, 5.41) is 12.9. The number of aromatic nitrogens is 2. The van der Waals surface area contributed by atoms with Gasteiger partial charge in [0.25, 0.3) is 5.91 Å². The predicted octanol–water partition coefficient (Wildman–Crippen LogP) is 7.43. The van der Waals surface area contributed by atoms with Crippen molar-refractivity contribution >= 4 is 45.7 Å². The smallest absolute Gasteiger partial charge is 0.264 e. The number of hydrogen-bond acceptors (Lipinski definition) is 6. The van der Waals surface area contributed by atoms with Crippen LogP contribution in [0.25, 0.3) is 16.9 Å². The summed E-state index contributed by atoms with van der Waals surface area (Å²) in [4.78, 5) is 32.9. The highest BCUT2D eigenvalue weighted by Crippen LogP contribution is 2.50. The van der Waals surface area contributed by atoms with Crippen molar-refractivity contribution in [3.63, 3.8) is 0 Å². The fourth-order valence-corrected chi connectivity index (χ4v) is 8.04. The van der Waals surface area contributed by atoms with Gasteiger partial charge in [-0.3, -0.25) is 19.4 Å². The van der Waals surface area contributed by atoms with E-state index in [0.717, 1.165) is 64.2 Å². The highest BCUT2D eigenvalue weighted by atomic mass is 35.5. The zero-order valence-corrected chi connectivity index (χ0v) is 26.1. The molecule has 2 amide bonds. The number of hydrazone groups is 1. The van der Waals surface area contributed by atoms with Crippen LogP contribution >= 0.6 is 22.9 Å². The number of benzene rings is 3. The van der Waals surface area contributed by atoms with Crippen molar-refractivity contribution in [2.24, 2.45) is 5.10 Å². The molecule has 4 heterocycles. The number of carbonyl (C=O) groups is 2. The Morgan fingerprint density at radius 3 is 2.40 bits per heavy atom. The average molecular weight is 633 g/mol. The first-order valence-corrected chi connectivity index (χ1v) is 16.3. The fourth-order valence-electron chi connectivity index (χ4n) is 6.51. The van der Waals surface area contributed by atoms with Gasteiger partial charge in [0.1, 0.15) is 5.00 Å². The minimum absolute atomic E-state index is 0.0645. The van der Waals surface area contributed by atoms with Gasteiger partial charge in [-0.05, 0) is 61.1 Å². The van der Waals surface area contributed by atoms with Gasteiger partial charge in [0, 0.05) is 34.1 Å². The Morgan fingerprint density at radius 1 is 0.956 bits per heavy atom. The van der Waals surface area contributed by atoms with Gasteiger partial charge in [0.05, 0.1) is 23.5 Å². The molecule has 0 spiro atoms. The molecule has 0 bridgehead atoms. The Hall–Kier alpha value is -4.73. The van der Waals surface area contributed by atoms with E-state index in [9.17, 15) is 9.59 Å². The number of halogens is 1. The van der Waals surface area contributed by atoms with Crippen LogP contribution in [0, 0.1) is 0 Å². The third-order valence-corrected chi connectivity index (χ3v) is 10.2. The fraction of sp³-hybridized carbons (Fsp3) is 0.200. The van der Waals surface area contributed by atoms with Crippen molar-refractivity contribution in [2.75, 3.05) is 4.90 Å². The standard InChI is InChI=1S/C35H29ClN6O2S/c1-22(43)42-32(28-21-40(26-12-6-3-7-13-26)37-31(28)24-16-18-25(36)19-17-24)41-34-30(27-14-8-9-15-29(27)45-34)33(44)39(35(41)38-42)20-23-10-4-2-5-11-23/h2-7,10-13,16-19,21,32H,8-9,14-15,20H2,1H3. The lowest BCUT2D eigenvalue weighted by Crippen LogP contribution is -2.50. The van der Waals surface area contributed by atoms with E-state index in [1.165, 1.54) is 16.8 Å². The number of para-hydroxylation sites is 1. The highest BCUT2D eigenvalue weighted by Gasteiger charge is 2.50. The molecule has 1 unspecified atom stereocenters. The number of carbonyl (C=O) groups excluding carboxylic acids is 2. The Kier molecular flexibility index (Phi) is 6.80. The molecule has 8 nitrogen and oxygen atoms in total. The molecule has 45 heavy (non-hydrogen) atoms. The van der Waals surface area contributed by atoms with Crippen molar-refractivity contribution in [1.29, 1.82) is 0 Å². The second-order valence-electron chi connectivity index (χ2n) is 11.5. The topological polar surface area (TPSA) is 74.0 Å². The van der Waals surface area contributed by atoms with E-state index in [2.05, 4.69) is 4.90 Å². The largest absolute Gasteiger partial charge is 0.273 e. The second kappa shape index (κ2) is 11.0. The van der Waals surface area contributed by atoms with E-state index in [0.29, 0.717) is 23.2 Å². The third kappa shape index (κ3) is 4.65. The SMILES string of the molecule is CC(=O)N1N=C2N(Cc3ccccc3)C(=O)c3c(sc4c3CCCC4)N2C1c1cn(-c2ccccc2)nc1-c1ccc(Cl)cc1. The molecule has 8 rings (SSSR count). The Balaban J connectivity index is 1.35. The normalized spacial score (nSPS) is 17.2. The molecule has 2 aliphatic heterocycles. The number of anilines is 1. The van der Waals surface area contributed by atoms with Gasteiger partial charge in [-0.15, -0.1) is 16.4 Å². The third-order valence-electron chi connectivity index (χ3n) is 8.63. The maximum atomic E-state index is 14.4. The lowest BCUT2D eigenvalue weighted by Gasteiger charge is -2.37. The van der Waals surface area contributed by atoms with Gasteiger partial charge in [0.15, 0.2) is 6.17 Å². The molecule has 0 radical (unpaired) electrons. The quantitative estimate of drug-likeness (QED) is 0.202. The molecule has 3 aliphatic rings. The predicted molar refractivity (Wildman–Crippen MR) is 176 cm³/mol. The number of rotatable bonds is 5. The summed E-state index contributed by atoms with van der Waals surface area (Å²) in [5.41, 5.74) is 6.11. The molecule has 0 N–H and O–H groups in total. The summed E-state index contributed by atoms with van der Waals surface area (Å²) in [6.07, 6.45) is 5.28. The molecule has 2 aromatic heterocycles. The molecular weight excluding hydrogens is 604 g/mol. The van der Waals surface area contributed by atoms with Crippen LogP contribution in [0.1, 0.15) is 57.9 Å². The first kappa shape index (κ1) is 27.8. The van der Waals surface area contributed by atoms with Crippen molar-refractivity contribution in [2.45, 2.75) is 45.3 Å². The number of aryl methyl sites for hydroxylation is 1. The zero-order valence-electron chi connectivity index (χ0n) is 24.6. The molecular formula is C35H29ClN6O2S. The number of fused-ring (bicyclic) bond motifs is 5. The molecule has 3 aromatic carbocycles. The lowest BCUT2D eigenvalue weighted by atomic mass is 9.94. The summed E-state index contributed by atoms with van der Waals surface area (Å²) < 4.78 is 1.84. The van der Waals surface area contributed by atoms with E-state index in [1.807, 2.05) is 95.8 Å². The van der Waals surface area contributed by atoms with Crippen LogP contribution in [0.5, 0.6) is 0 Å². The van der Waals surface area contributed by atoms with E-state index in [1.54, 1.807) is 16.2 Å². The molecule has 224 valence electrons. The maximum absolute atomic E-state index is 14.4. The Labute approximate surface area is 269 Å². The van der Waals surface area contributed by atoms with Crippen molar-refractivity contribution in [3.8, 4) is 16.9 Å². The summed E-state index contributed by atoms with van der Waals surface area (Å²) in [6.45, 7) is 1.85. The first-order chi connectivity index (χ1) is 22.0.